The molecule has 0 aliphatic rings. The lowest BCUT2D eigenvalue weighted by Gasteiger charge is -2.07. The molecule has 1 aromatic carbocycles. The molecule has 0 bridgehead atoms. The molecule has 3 rings (SSSR count). The number of methoxy groups -OCH3 is 1. The molecule has 2 aromatic heterocycles. The van der Waals surface area contributed by atoms with Gasteiger partial charge in [-0.15, -0.1) is 0 Å². The van der Waals surface area contributed by atoms with Crippen molar-refractivity contribution in [1.82, 2.24) is 14.7 Å². The SMILES string of the molecule is COc1ccc(CNCc2c(C)nc3ccccn23)cc1. The van der Waals surface area contributed by atoms with Crippen molar-refractivity contribution in [3.05, 3.63) is 65.6 Å². The number of fused-ring (bicyclic) bond motifs is 1. The van der Waals surface area contributed by atoms with Gasteiger partial charge in [0.05, 0.1) is 18.5 Å². The highest BCUT2D eigenvalue weighted by Crippen LogP contribution is 2.13. The molecule has 0 radical (unpaired) electrons. The maximum atomic E-state index is 5.16. The third-order valence-electron chi connectivity index (χ3n) is 3.61. The van der Waals surface area contributed by atoms with Gasteiger partial charge < -0.3 is 14.5 Å². The van der Waals surface area contributed by atoms with Crippen LogP contribution in [0.5, 0.6) is 5.75 Å². The van der Waals surface area contributed by atoms with E-state index in [1.807, 2.05) is 30.3 Å². The first-order valence-electron chi connectivity index (χ1n) is 7.04. The van der Waals surface area contributed by atoms with E-state index in [2.05, 4.69) is 40.0 Å². The molecule has 0 amide bonds. The standard InChI is InChI=1S/C17H19N3O/c1-13-16(20-10-4-3-5-17(20)19-13)12-18-11-14-6-8-15(21-2)9-7-14/h3-10,18H,11-12H2,1-2H3. The first-order chi connectivity index (χ1) is 10.3. The molecule has 108 valence electrons. The summed E-state index contributed by atoms with van der Waals surface area (Å²) < 4.78 is 7.30. The molecule has 1 N–H and O–H groups in total. The summed E-state index contributed by atoms with van der Waals surface area (Å²) in [6.45, 7) is 3.67. The Morgan fingerprint density at radius 2 is 1.90 bits per heavy atom. The van der Waals surface area contributed by atoms with Gasteiger partial charge in [0.25, 0.3) is 0 Å². The Hall–Kier alpha value is -2.33. The van der Waals surface area contributed by atoms with Gasteiger partial charge in [0.2, 0.25) is 0 Å². The summed E-state index contributed by atoms with van der Waals surface area (Å²) in [6, 6.07) is 14.2. The second kappa shape index (κ2) is 5.97. The van der Waals surface area contributed by atoms with Crippen LogP contribution in [0.4, 0.5) is 0 Å². The van der Waals surface area contributed by atoms with E-state index in [4.69, 9.17) is 4.74 Å². The summed E-state index contributed by atoms with van der Waals surface area (Å²) in [5.41, 5.74) is 4.51. The lowest BCUT2D eigenvalue weighted by molar-refractivity contribution is 0.414. The molecule has 0 aliphatic heterocycles. The van der Waals surface area contributed by atoms with E-state index in [1.165, 1.54) is 11.3 Å². The van der Waals surface area contributed by atoms with E-state index < -0.39 is 0 Å². The largest absolute Gasteiger partial charge is 0.497 e. The zero-order chi connectivity index (χ0) is 14.7. The number of nitrogens with one attached hydrogen (secondary N) is 1. The Labute approximate surface area is 124 Å². The highest BCUT2D eigenvalue weighted by Gasteiger charge is 2.07. The molecular formula is C17H19N3O. The summed E-state index contributed by atoms with van der Waals surface area (Å²) >= 11 is 0. The van der Waals surface area contributed by atoms with Crippen LogP contribution in [0.25, 0.3) is 5.65 Å². The van der Waals surface area contributed by atoms with Crippen molar-refractivity contribution in [2.75, 3.05) is 7.11 Å². The molecule has 2 heterocycles. The first kappa shape index (κ1) is 13.6. The molecule has 0 saturated carbocycles. The Morgan fingerprint density at radius 1 is 1.10 bits per heavy atom. The fourth-order valence-electron chi connectivity index (χ4n) is 2.45. The Balaban J connectivity index is 1.67. The van der Waals surface area contributed by atoms with Gasteiger partial charge in [0.1, 0.15) is 11.4 Å². The number of hydrogen-bond donors (Lipinski definition) is 1. The number of rotatable bonds is 5. The Kier molecular flexibility index (Phi) is 3.88. The van der Waals surface area contributed by atoms with Crippen molar-refractivity contribution in [2.24, 2.45) is 0 Å². The van der Waals surface area contributed by atoms with Crippen LogP contribution in [0, 0.1) is 6.92 Å². The maximum Gasteiger partial charge on any atom is 0.137 e. The van der Waals surface area contributed by atoms with E-state index in [9.17, 15) is 0 Å². The molecule has 0 saturated heterocycles. The van der Waals surface area contributed by atoms with Crippen molar-refractivity contribution in [3.63, 3.8) is 0 Å². The summed E-state index contributed by atoms with van der Waals surface area (Å²) in [4.78, 5) is 4.57. The van der Waals surface area contributed by atoms with Crippen LogP contribution in [-0.4, -0.2) is 16.5 Å². The predicted octanol–water partition coefficient (Wildman–Crippen LogP) is 2.94. The number of imidazole rings is 1. The van der Waals surface area contributed by atoms with Crippen molar-refractivity contribution < 1.29 is 4.74 Å². The number of hydrogen-bond acceptors (Lipinski definition) is 3. The normalized spacial score (nSPS) is 11.0. The minimum Gasteiger partial charge on any atom is -0.497 e. The van der Waals surface area contributed by atoms with Crippen molar-refractivity contribution >= 4 is 5.65 Å². The molecule has 21 heavy (non-hydrogen) atoms. The average molecular weight is 281 g/mol. The lowest BCUT2D eigenvalue weighted by atomic mass is 10.2. The maximum absolute atomic E-state index is 5.16. The molecule has 4 nitrogen and oxygen atoms in total. The van der Waals surface area contributed by atoms with E-state index >= 15 is 0 Å². The molecule has 3 aromatic rings. The minimum atomic E-state index is 0.795. The van der Waals surface area contributed by atoms with Crippen LogP contribution in [-0.2, 0) is 13.1 Å². The summed E-state index contributed by atoms with van der Waals surface area (Å²) in [5, 5.41) is 3.47. The number of aryl methyl sites for hydroxylation is 1. The van der Waals surface area contributed by atoms with E-state index in [-0.39, 0.29) is 0 Å². The Morgan fingerprint density at radius 3 is 2.67 bits per heavy atom. The topological polar surface area (TPSA) is 38.6 Å². The molecule has 0 unspecified atom stereocenters. The predicted molar refractivity (Wildman–Crippen MR) is 83.5 cm³/mol. The van der Waals surface area contributed by atoms with Gasteiger partial charge in [-0.05, 0) is 36.8 Å². The highest BCUT2D eigenvalue weighted by atomic mass is 16.5. The van der Waals surface area contributed by atoms with E-state index in [0.717, 1.165) is 30.2 Å². The number of benzene rings is 1. The molecule has 0 fully saturated rings. The number of pyridine rings is 1. The number of aromatic nitrogens is 2. The van der Waals surface area contributed by atoms with Crippen LogP contribution in [0.15, 0.2) is 48.7 Å². The quantitative estimate of drug-likeness (QED) is 0.781. The molecular weight excluding hydrogens is 262 g/mol. The second-order valence-electron chi connectivity index (χ2n) is 5.02. The van der Waals surface area contributed by atoms with Gasteiger partial charge in [0.15, 0.2) is 0 Å². The highest BCUT2D eigenvalue weighted by molar-refractivity contribution is 5.42. The molecule has 4 heteroatoms. The zero-order valence-electron chi connectivity index (χ0n) is 12.3. The van der Waals surface area contributed by atoms with E-state index in [0.29, 0.717) is 0 Å². The van der Waals surface area contributed by atoms with Gasteiger partial charge in [-0.3, -0.25) is 0 Å². The lowest BCUT2D eigenvalue weighted by Crippen LogP contribution is -2.14. The van der Waals surface area contributed by atoms with Gasteiger partial charge in [-0.2, -0.15) is 0 Å². The van der Waals surface area contributed by atoms with Crippen LogP contribution in [0.2, 0.25) is 0 Å². The second-order valence-corrected chi connectivity index (χ2v) is 5.02. The van der Waals surface area contributed by atoms with Crippen molar-refractivity contribution in [1.29, 1.82) is 0 Å². The van der Waals surface area contributed by atoms with Crippen LogP contribution in [0.1, 0.15) is 17.0 Å². The fraction of sp³-hybridized carbons (Fsp3) is 0.235. The third-order valence-corrected chi connectivity index (χ3v) is 3.61. The number of nitrogens with zero attached hydrogens (tertiary/aromatic N) is 2. The zero-order valence-corrected chi connectivity index (χ0v) is 12.3. The Bertz CT molecular complexity index is 731. The van der Waals surface area contributed by atoms with Gasteiger partial charge in [0, 0.05) is 19.3 Å². The van der Waals surface area contributed by atoms with Gasteiger partial charge >= 0.3 is 0 Å². The van der Waals surface area contributed by atoms with Crippen LogP contribution in [0.3, 0.4) is 0 Å². The summed E-state index contributed by atoms with van der Waals surface area (Å²) in [6.07, 6.45) is 2.06. The van der Waals surface area contributed by atoms with E-state index in [1.54, 1.807) is 7.11 Å². The van der Waals surface area contributed by atoms with Crippen LogP contribution >= 0.6 is 0 Å². The fourth-order valence-corrected chi connectivity index (χ4v) is 2.45. The molecule has 0 aliphatic carbocycles. The van der Waals surface area contributed by atoms with Crippen molar-refractivity contribution in [2.45, 2.75) is 20.0 Å². The summed E-state index contributed by atoms with van der Waals surface area (Å²) in [7, 11) is 1.68. The number of ether oxygens (including phenoxy) is 1. The van der Waals surface area contributed by atoms with Gasteiger partial charge in [-0.1, -0.05) is 18.2 Å². The first-order valence-corrected chi connectivity index (χ1v) is 7.04. The smallest absolute Gasteiger partial charge is 0.137 e. The summed E-state index contributed by atoms with van der Waals surface area (Å²) in [5.74, 6) is 0.886. The minimum absolute atomic E-state index is 0.795. The average Bonchev–Trinajstić information content (AvgIpc) is 2.84. The molecule has 0 atom stereocenters. The third kappa shape index (κ3) is 2.90. The molecule has 0 spiro atoms. The van der Waals surface area contributed by atoms with Crippen LogP contribution < -0.4 is 10.1 Å². The van der Waals surface area contributed by atoms with Gasteiger partial charge in [-0.25, -0.2) is 4.98 Å². The van der Waals surface area contributed by atoms with Crippen molar-refractivity contribution in [3.8, 4) is 5.75 Å². The monoisotopic (exact) mass is 281 g/mol.